The van der Waals surface area contributed by atoms with Crippen LogP contribution in [0.5, 0.6) is 0 Å². The number of hydrogen-bond acceptors (Lipinski definition) is 2. The predicted octanol–water partition coefficient (Wildman–Crippen LogP) is 2.47. The van der Waals surface area contributed by atoms with Gasteiger partial charge in [-0.25, -0.2) is 0 Å². The smallest absolute Gasteiger partial charge is 0.230 e. The number of carbonyl (C=O) groups is 1. The first-order valence-electron chi connectivity index (χ1n) is 5.58. The molecule has 0 aliphatic heterocycles. The average molecular weight is 209 g/mol. The molecule has 1 aromatic heterocycles. The maximum absolute atomic E-state index is 11.9. The summed E-state index contributed by atoms with van der Waals surface area (Å²) in [6, 6.07) is 3.65. The zero-order valence-corrected chi connectivity index (χ0v) is 9.53. The molecule has 15 heavy (non-hydrogen) atoms. The van der Waals surface area contributed by atoms with Crippen molar-refractivity contribution in [3.63, 3.8) is 0 Å². The van der Waals surface area contributed by atoms with Crippen LogP contribution in [0.15, 0.2) is 22.8 Å². The fraction of sp³-hybridized carbons (Fsp3) is 0.583. The van der Waals surface area contributed by atoms with E-state index in [4.69, 9.17) is 4.42 Å². The maximum Gasteiger partial charge on any atom is 0.230 e. The van der Waals surface area contributed by atoms with Crippen molar-refractivity contribution in [1.29, 1.82) is 0 Å². The highest BCUT2D eigenvalue weighted by Gasteiger charge is 2.13. The lowest BCUT2D eigenvalue weighted by atomic mass is 10.2. The predicted molar refractivity (Wildman–Crippen MR) is 59.6 cm³/mol. The maximum atomic E-state index is 11.9. The van der Waals surface area contributed by atoms with E-state index in [9.17, 15) is 4.79 Å². The van der Waals surface area contributed by atoms with E-state index in [1.165, 1.54) is 0 Å². The van der Waals surface area contributed by atoms with Gasteiger partial charge in [-0.15, -0.1) is 0 Å². The minimum atomic E-state index is 0.161. The van der Waals surface area contributed by atoms with E-state index in [1.54, 1.807) is 6.26 Å². The van der Waals surface area contributed by atoms with Crippen LogP contribution in [-0.2, 0) is 11.2 Å². The summed E-state index contributed by atoms with van der Waals surface area (Å²) in [5.74, 6) is 0.908. The molecule has 3 nitrogen and oxygen atoms in total. The van der Waals surface area contributed by atoms with E-state index in [2.05, 4.69) is 13.8 Å². The van der Waals surface area contributed by atoms with Gasteiger partial charge in [-0.1, -0.05) is 13.8 Å². The van der Waals surface area contributed by atoms with Crippen molar-refractivity contribution in [2.24, 2.45) is 0 Å². The summed E-state index contributed by atoms with van der Waals surface area (Å²) in [6.45, 7) is 5.85. The lowest BCUT2D eigenvalue weighted by molar-refractivity contribution is -0.130. The first-order valence-corrected chi connectivity index (χ1v) is 5.58. The van der Waals surface area contributed by atoms with E-state index in [0.717, 1.165) is 31.7 Å². The quantitative estimate of drug-likeness (QED) is 0.721. The Hall–Kier alpha value is -1.25. The number of nitrogens with zero attached hydrogens (tertiary/aromatic N) is 1. The zero-order valence-electron chi connectivity index (χ0n) is 9.53. The van der Waals surface area contributed by atoms with Crippen molar-refractivity contribution in [1.82, 2.24) is 4.90 Å². The summed E-state index contributed by atoms with van der Waals surface area (Å²) in [6.07, 6.45) is 3.99. The van der Waals surface area contributed by atoms with Crippen LogP contribution in [0, 0.1) is 0 Å². The Morgan fingerprint density at radius 3 is 2.47 bits per heavy atom. The van der Waals surface area contributed by atoms with Crippen LogP contribution in [0.3, 0.4) is 0 Å². The third-order valence-corrected chi connectivity index (χ3v) is 2.25. The standard InChI is InChI=1S/C12H19NO2/c1-3-7-13(8-4-2)12(14)10-11-6-5-9-15-11/h5-6,9H,3-4,7-8,10H2,1-2H3. The summed E-state index contributed by atoms with van der Waals surface area (Å²) in [5, 5.41) is 0. The average Bonchev–Trinajstić information content (AvgIpc) is 2.70. The summed E-state index contributed by atoms with van der Waals surface area (Å²) in [4.78, 5) is 13.8. The van der Waals surface area contributed by atoms with Crippen LogP contribution in [0.2, 0.25) is 0 Å². The monoisotopic (exact) mass is 209 g/mol. The van der Waals surface area contributed by atoms with Crippen LogP contribution in [-0.4, -0.2) is 23.9 Å². The fourth-order valence-electron chi connectivity index (χ4n) is 1.58. The van der Waals surface area contributed by atoms with Gasteiger partial charge in [0, 0.05) is 13.1 Å². The van der Waals surface area contributed by atoms with Gasteiger partial charge in [0.25, 0.3) is 0 Å². The molecular formula is C12H19NO2. The van der Waals surface area contributed by atoms with Crippen LogP contribution >= 0.6 is 0 Å². The van der Waals surface area contributed by atoms with Gasteiger partial charge >= 0.3 is 0 Å². The molecule has 0 saturated heterocycles. The molecule has 0 atom stereocenters. The number of hydrogen-bond donors (Lipinski definition) is 0. The van der Waals surface area contributed by atoms with Gasteiger partial charge in [0.05, 0.1) is 12.7 Å². The molecule has 84 valence electrons. The summed E-state index contributed by atoms with van der Waals surface area (Å²) >= 11 is 0. The molecule has 1 rings (SSSR count). The molecule has 0 aromatic carbocycles. The minimum Gasteiger partial charge on any atom is -0.469 e. The highest BCUT2D eigenvalue weighted by Crippen LogP contribution is 2.05. The molecular weight excluding hydrogens is 190 g/mol. The van der Waals surface area contributed by atoms with Crippen molar-refractivity contribution < 1.29 is 9.21 Å². The SMILES string of the molecule is CCCN(CCC)C(=O)Cc1ccco1. The lowest BCUT2D eigenvalue weighted by Crippen LogP contribution is -2.33. The number of furan rings is 1. The molecule has 1 heterocycles. The third kappa shape index (κ3) is 3.78. The normalized spacial score (nSPS) is 10.3. The molecule has 0 aliphatic carbocycles. The second-order valence-electron chi connectivity index (χ2n) is 3.64. The molecule has 3 heteroatoms. The van der Waals surface area contributed by atoms with Crippen LogP contribution in [0.25, 0.3) is 0 Å². The molecule has 1 amide bonds. The number of amides is 1. The second kappa shape index (κ2) is 6.27. The largest absolute Gasteiger partial charge is 0.469 e. The van der Waals surface area contributed by atoms with Gasteiger partial charge in [0.15, 0.2) is 0 Å². The van der Waals surface area contributed by atoms with E-state index < -0.39 is 0 Å². The first-order chi connectivity index (χ1) is 7.27. The van der Waals surface area contributed by atoms with Gasteiger partial charge in [-0.05, 0) is 25.0 Å². The Kier molecular flexibility index (Phi) is 4.95. The highest BCUT2D eigenvalue weighted by atomic mass is 16.3. The van der Waals surface area contributed by atoms with E-state index in [-0.39, 0.29) is 5.91 Å². The lowest BCUT2D eigenvalue weighted by Gasteiger charge is -2.20. The van der Waals surface area contributed by atoms with Crippen molar-refractivity contribution in [3.8, 4) is 0 Å². The molecule has 1 aromatic rings. The van der Waals surface area contributed by atoms with Crippen LogP contribution in [0.4, 0.5) is 0 Å². The molecule has 0 N–H and O–H groups in total. The Morgan fingerprint density at radius 2 is 2.00 bits per heavy atom. The topological polar surface area (TPSA) is 33.5 Å². The zero-order chi connectivity index (χ0) is 11.1. The Labute approximate surface area is 91.1 Å². The van der Waals surface area contributed by atoms with E-state index in [1.807, 2.05) is 17.0 Å². The Bertz CT molecular complexity index is 274. The Balaban J connectivity index is 2.48. The molecule has 0 saturated carbocycles. The van der Waals surface area contributed by atoms with Gasteiger partial charge in [0.2, 0.25) is 5.91 Å². The van der Waals surface area contributed by atoms with Gasteiger partial charge in [0.1, 0.15) is 5.76 Å². The molecule has 0 radical (unpaired) electrons. The first kappa shape index (κ1) is 11.8. The summed E-state index contributed by atoms with van der Waals surface area (Å²) < 4.78 is 5.16. The molecule has 0 aliphatic rings. The molecule has 0 unspecified atom stereocenters. The number of rotatable bonds is 6. The van der Waals surface area contributed by atoms with E-state index in [0.29, 0.717) is 6.42 Å². The summed E-state index contributed by atoms with van der Waals surface area (Å²) in [7, 11) is 0. The summed E-state index contributed by atoms with van der Waals surface area (Å²) in [5.41, 5.74) is 0. The van der Waals surface area contributed by atoms with Crippen LogP contribution < -0.4 is 0 Å². The molecule has 0 spiro atoms. The van der Waals surface area contributed by atoms with Crippen molar-refractivity contribution in [2.75, 3.05) is 13.1 Å². The highest BCUT2D eigenvalue weighted by molar-refractivity contribution is 5.78. The van der Waals surface area contributed by atoms with Gasteiger partial charge < -0.3 is 9.32 Å². The molecule has 0 bridgehead atoms. The Morgan fingerprint density at radius 1 is 1.33 bits per heavy atom. The van der Waals surface area contributed by atoms with Gasteiger partial charge in [-0.2, -0.15) is 0 Å². The number of carbonyl (C=O) groups excluding carboxylic acids is 1. The minimum absolute atomic E-state index is 0.161. The van der Waals surface area contributed by atoms with Crippen molar-refractivity contribution >= 4 is 5.91 Å². The third-order valence-electron chi connectivity index (χ3n) is 2.25. The van der Waals surface area contributed by atoms with E-state index >= 15 is 0 Å². The second-order valence-corrected chi connectivity index (χ2v) is 3.64. The van der Waals surface area contributed by atoms with Crippen molar-refractivity contribution in [3.05, 3.63) is 24.2 Å². The fourth-order valence-corrected chi connectivity index (χ4v) is 1.58. The van der Waals surface area contributed by atoms with Crippen LogP contribution in [0.1, 0.15) is 32.4 Å². The van der Waals surface area contributed by atoms with Gasteiger partial charge in [-0.3, -0.25) is 4.79 Å². The van der Waals surface area contributed by atoms with Crippen molar-refractivity contribution in [2.45, 2.75) is 33.1 Å². The molecule has 0 fully saturated rings.